The Bertz CT molecular complexity index is 1060. The maximum Gasteiger partial charge on any atom is 0.248 e. The molecule has 0 aromatic carbocycles. The molecule has 1 fully saturated rings. The Balaban J connectivity index is 1.68. The number of likely N-dealkylation sites (N-methyl/N-ethyl adjacent to an activating group) is 2. The Kier molecular flexibility index (Phi) is 8.55. The SMILES string of the molecule is CCN(CC(C)N(CC)c1ccc(C#N)cn1)C(=O)COC1(c2c(F)cnc(Br)c2F)CCC1. The molecule has 0 N–H and O–H groups in total. The van der Waals surface area contributed by atoms with Crippen molar-refractivity contribution in [2.75, 3.05) is 31.1 Å². The number of pyridine rings is 2. The number of nitriles is 1. The third kappa shape index (κ3) is 5.36. The summed E-state index contributed by atoms with van der Waals surface area (Å²) in [6.07, 6.45) is 4.10. The van der Waals surface area contributed by atoms with E-state index in [4.69, 9.17) is 10.00 Å². The van der Waals surface area contributed by atoms with Gasteiger partial charge in [-0.25, -0.2) is 18.7 Å². The molecule has 1 atom stereocenters. The van der Waals surface area contributed by atoms with Gasteiger partial charge < -0.3 is 14.5 Å². The molecule has 1 aliphatic carbocycles. The molecule has 2 heterocycles. The quantitative estimate of drug-likeness (QED) is 0.415. The first-order valence-electron chi connectivity index (χ1n) is 11.3. The van der Waals surface area contributed by atoms with E-state index in [9.17, 15) is 13.6 Å². The molecule has 1 saturated carbocycles. The smallest absolute Gasteiger partial charge is 0.248 e. The molecule has 0 radical (unpaired) electrons. The maximum atomic E-state index is 14.7. The molecule has 10 heteroatoms. The molecule has 2 aromatic rings. The summed E-state index contributed by atoms with van der Waals surface area (Å²) in [6.45, 7) is 7.13. The van der Waals surface area contributed by atoms with Gasteiger partial charge in [0.25, 0.3) is 0 Å². The highest BCUT2D eigenvalue weighted by Crippen LogP contribution is 2.47. The maximum absolute atomic E-state index is 14.7. The van der Waals surface area contributed by atoms with Crippen molar-refractivity contribution in [2.45, 2.75) is 51.7 Å². The van der Waals surface area contributed by atoms with Crippen LogP contribution in [0.3, 0.4) is 0 Å². The average molecular weight is 536 g/mol. The third-order valence-corrected chi connectivity index (χ3v) is 6.84. The van der Waals surface area contributed by atoms with Gasteiger partial charge >= 0.3 is 0 Å². The predicted molar refractivity (Wildman–Crippen MR) is 127 cm³/mol. The van der Waals surface area contributed by atoms with Crippen molar-refractivity contribution in [3.05, 3.63) is 51.9 Å². The van der Waals surface area contributed by atoms with Crippen LogP contribution in [0.2, 0.25) is 0 Å². The van der Waals surface area contributed by atoms with Crippen LogP contribution in [-0.4, -0.2) is 53.1 Å². The Hall–Kier alpha value is -2.64. The molecule has 1 aliphatic rings. The van der Waals surface area contributed by atoms with Crippen molar-refractivity contribution < 1.29 is 18.3 Å². The van der Waals surface area contributed by atoms with Gasteiger partial charge in [-0.3, -0.25) is 4.79 Å². The highest BCUT2D eigenvalue weighted by atomic mass is 79.9. The van der Waals surface area contributed by atoms with Crippen molar-refractivity contribution in [3.63, 3.8) is 0 Å². The summed E-state index contributed by atoms with van der Waals surface area (Å²) in [6, 6.07) is 5.49. The minimum atomic E-state index is -1.16. The van der Waals surface area contributed by atoms with Gasteiger partial charge in [-0.05, 0) is 68.1 Å². The first-order chi connectivity index (χ1) is 16.3. The zero-order valence-electron chi connectivity index (χ0n) is 19.5. The van der Waals surface area contributed by atoms with E-state index < -0.39 is 17.2 Å². The van der Waals surface area contributed by atoms with Gasteiger partial charge in [-0.1, -0.05) is 0 Å². The zero-order chi connectivity index (χ0) is 24.9. The topological polar surface area (TPSA) is 82.3 Å². The van der Waals surface area contributed by atoms with Gasteiger partial charge in [0.15, 0.2) is 11.6 Å². The highest BCUT2D eigenvalue weighted by Gasteiger charge is 2.45. The molecule has 0 aliphatic heterocycles. The summed E-state index contributed by atoms with van der Waals surface area (Å²) >= 11 is 3.01. The summed E-state index contributed by atoms with van der Waals surface area (Å²) in [7, 11) is 0. The van der Waals surface area contributed by atoms with Crippen LogP contribution in [-0.2, 0) is 15.1 Å². The number of anilines is 1. The molecule has 3 rings (SSSR count). The monoisotopic (exact) mass is 535 g/mol. The van der Waals surface area contributed by atoms with Crippen LogP contribution >= 0.6 is 15.9 Å². The summed E-state index contributed by atoms with van der Waals surface area (Å²) in [5, 5.41) is 8.99. The number of rotatable bonds is 10. The molecule has 0 spiro atoms. The summed E-state index contributed by atoms with van der Waals surface area (Å²) in [4.78, 5) is 24.7. The normalized spacial score (nSPS) is 15.2. The van der Waals surface area contributed by atoms with Crippen LogP contribution in [0.4, 0.5) is 14.6 Å². The lowest BCUT2D eigenvalue weighted by Gasteiger charge is -2.42. The van der Waals surface area contributed by atoms with Crippen molar-refractivity contribution in [3.8, 4) is 6.07 Å². The van der Waals surface area contributed by atoms with E-state index in [0.717, 1.165) is 18.4 Å². The van der Waals surface area contributed by atoms with Gasteiger partial charge in [0.2, 0.25) is 5.91 Å². The lowest BCUT2D eigenvalue weighted by molar-refractivity contribution is -0.154. The van der Waals surface area contributed by atoms with E-state index in [2.05, 4.69) is 32.0 Å². The summed E-state index contributed by atoms with van der Waals surface area (Å²) in [5.74, 6) is -1.10. The van der Waals surface area contributed by atoms with Crippen LogP contribution in [0.1, 0.15) is 51.2 Å². The largest absolute Gasteiger partial charge is 0.360 e. The molecular weight excluding hydrogens is 508 g/mol. The third-order valence-electron chi connectivity index (χ3n) is 6.28. The van der Waals surface area contributed by atoms with Crippen molar-refractivity contribution >= 4 is 27.7 Å². The Labute approximate surface area is 206 Å². The Morgan fingerprint density at radius 1 is 1.26 bits per heavy atom. The van der Waals surface area contributed by atoms with Crippen molar-refractivity contribution in [2.24, 2.45) is 0 Å². The fraction of sp³-hybridized carbons (Fsp3) is 0.500. The van der Waals surface area contributed by atoms with E-state index in [1.165, 1.54) is 6.20 Å². The van der Waals surface area contributed by atoms with Gasteiger partial charge in [0.1, 0.15) is 23.1 Å². The molecule has 0 saturated heterocycles. The number of amides is 1. The average Bonchev–Trinajstić information content (AvgIpc) is 2.81. The standard InChI is InChI=1S/C24H28BrF2N5O2/c1-4-31(14-16(3)32(5-2)19-8-7-17(11-28)12-29-19)20(33)15-34-24(9-6-10-24)21-18(26)13-30-23(25)22(21)27/h7-8,12-13,16H,4-6,9-10,14-15H2,1-3H3. The number of carbonyl (C=O) groups is 1. The van der Waals surface area contributed by atoms with E-state index in [-0.39, 0.29) is 28.7 Å². The molecular formula is C24H28BrF2N5O2. The first kappa shape index (κ1) is 26.0. The van der Waals surface area contributed by atoms with Gasteiger partial charge in [-0.15, -0.1) is 0 Å². The molecule has 7 nitrogen and oxygen atoms in total. The number of halogens is 3. The number of ether oxygens (including phenoxy) is 1. The van der Waals surface area contributed by atoms with E-state index in [1.54, 1.807) is 17.0 Å². The molecule has 182 valence electrons. The Morgan fingerprint density at radius 3 is 2.53 bits per heavy atom. The van der Waals surface area contributed by atoms with E-state index >= 15 is 0 Å². The second-order valence-corrected chi connectivity index (χ2v) is 9.06. The van der Waals surface area contributed by atoms with Crippen LogP contribution < -0.4 is 4.90 Å². The second kappa shape index (κ2) is 11.2. The number of carbonyl (C=O) groups excluding carboxylic acids is 1. The lowest BCUT2D eigenvalue weighted by Crippen LogP contribution is -2.47. The van der Waals surface area contributed by atoms with Gasteiger partial charge in [0.05, 0.1) is 22.9 Å². The van der Waals surface area contributed by atoms with E-state index in [1.807, 2.05) is 25.7 Å². The Morgan fingerprint density at radius 2 is 2.00 bits per heavy atom. The van der Waals surface area contributed by atoms with Gasteiger partial charge in [0, 0.05) is 31.9 Å². The minimum absolute atomic E-state index is 0.0574. The molecule has 1 unspecified atom stereocenters. The predicted octanol–water partition coefficient (Wildman–Crippen LogP) is 4.55. The van der Waals surface area contributed by atoms with Crippen LogP contribution in [0.5, 0.6) is 0 Å². The molecule has 34 heavy (non-hydrogen) atoms. The highest BCUT2D eigenvalue weighted by molar-refractivity contribution is 9.10. The summed E-state index contributed by atoms with van der Waals surface area (Å²) in [5.41, 5.74) is -0.856. The lowest BCUT2D eigenvalue weighted by atomic mass is 9.74. The van der Waals surface area contributed by atoms with Crippen molar-refractivity contribution in [1.82, 2.24) is 14.9 Å². The van der Waals surface area contributed by atoms with E-state index in [0.29, 0.717) is 38.0 Å². The fourth-order valence-electron chi connectivity index (χ4n) is 4.26. The van der Waals surface area contributed by atoms with Crippen molar-refractivity contribution in [1.29, 1.82) is 5.26 Å². The molecule has 2 aromatic heterocycles. The number of nitrogens with zero attached hydrogens (tertiary/aromatic N) is 5. The molecule has 1 amide bonds. The first-order valence-corrected chi connectivity index (χ1v) is 12.1. The van der Waals surface area contributed by atoms with Crippen LogP contribution in [0.15, 0.2) is 29.1 Å². The van der Waals surface area contributed by atoms with Crippen LogP contribution in [0, 0.1) is 23.0 Å². The number of hydrogen-bond acceptors (Lipinski definition) is 6. The second-order valence-electron chi connectivity index (χ2n) is 8.31. The summed E-state index contributed by atoms with van der Waals surface area (Å²) < 4.78 is 35.0. The minimum Gasteiger partial charge on any atom is -0.360 e. The number of aromatic nitrogens is 2. The number of hydrogen-bond donors (Lipinski definition) is 0. The zero-order valence-corrected chi connectivity index (χ0v) is 21.1. The fourth-order valence-corrected chi connectivity index (χ4v) is 4.56. The van der Waals surface area contributed by atoms with Crippen LogP contribution in [0.25, 0.3) is 0 Å². The molecule has 0 bridgehead atoms. The van der Waals surface area contributed by atoms with Gasteiger partial charge in [-0.2, -0.15) is 5.26 Å².